The second-order valence-corrected chi connectivity index (χ2v) is 4.66. The molecule has 0 unspecified atom stereocenters. The Morgan fingerprint density at radius 2 is 1.89 bits per heavy atom. The summed E-state index contributed by atoms with van der Waals surface area (Å²) in [5.74, 6) is -0.134. The van der Waals surface area contributed by atoms with Crippen LogP contribution in [0.5, 0.6) is 0 Å². The summed E-state index contributed by atoms with van der Waals surface area (Å²) >= 11 is 0. The topological polar surface area (TPSA) is 12.0 Å². The lowest BCUT2D eigenvalue weighted by Gasteiger charge is -2.12. The molecule has 0 spiro atoms. The summed E-state index contributed by atoms with van der Waals surface area (Å²) in [5, 5.41) is 2.71. The lowest BCUT2D eigenvalue weighted by atomic mass is 10.1. The quantitative estimate of drug-likeness (QED) is 0.600. The van der Waals surface area contributed by atoms with Gasteiger partial charge in [0.2, 0.25) is 0 Å². The largest absolute Gasteiger partial charge is 0.416 e. The van der Waals surface area contributed by atoms with Gasteiger partial charge in [0.25, 0.3) is 0 Å². The highest BCUT2D eigenvalue weighted by atomic mass is 19.4. The summed E-state index contributed by atoms with van der Waals surface area (Å²) in [6, 6.07) is 2.40. The summed E-state index contributed by atoms with van der Waals surface area (Å²) in [5.41, 5.74) is -0.927. The predicted octanol–water partition coefficient (Wildman–Crippen LogP) is 4.69. The van der Waals surface area contributed by atoms with Gasteiger partial charge in [-0.15, -0.1) is 0 Å². The Balaban J connectivity index is 2.64. The molecule has 102 valence electrons. The van der Waals surface area contributed by atoms with Crippen molar-refractivity contribution in [3.8, 4) is 0 Å². The number of halogens is 4. The van der Waals surface area contributed by atoms with E-state index in [-0.39, 0.29) is 5.69 Å². The van der Waals surface area contributed by atoms with E-state index < -0.39 is 17.6 Å². The summed E-state index contributed by atoms with van der Waals surface area (Å²) < 4.78 is 50.6. The average molecular weight is 263 g/mol. The van der Waals surface area contributed by atoms with Crippen molar-refractivity contribution in [3.63, 3.8) is 0 Å². The van der Waals surface area contributed by atoms with Crippen molar-refractivity contribution in [1.29, 1.82) is 0 Å². The molecular formula is C13H17F4N. The zero-order chi connectivity index (χ0) is 13.8. The van der Waals surface area contributed by atoms with E-state index in [9.17, 15) is 17.6 Å². The first-order valence-electron chi connectivity index (χ1n) is 5.91. The van der Waals surface area contributed by atoms with Crippen molar-refractivity contribution in [2.45, 2.75) is 32.9 Å². The Kier molecular flexibility index (Phi) is 4.99. The van der Waals surface area contributed by atoms with Gasteiger partial charge in [-0.3, -0.25) is 0 Å². The van der Waals surface area contributed by atoms with Crippen LogP contribution in [0, 0.1) is 11.7 Å². The van der Waals surface area contributed by atoms with E-state index >= 15 is 0 Å². The molecule has 0 heterocycles. The number of nitrogens with one attached hydrogen (secondary N) is 1. The summed E-state index contributed by atoms with van der Waals surface area (Å²) in [6.07, 6.45) is -2.69. The molecule has 0 bridgehead atoms. The van der Waals surface area contributed by atoms with Crippen LogP contribution in [0.25, 0.3) is 0 Å². The van der Waals surface area contributed by atoms with Crippen molar-refractivity contribution < 1.29 is 17.6 Å². The molecule has 1 aromatic rings. The normalized spacial score (nSPS) is 11.9. The Hall–Kier alpha value is -1.26. The van der Waals surface area contributed by atoms with E-state index in [4.69, 9.17) is 0 Å². The second kappa shape index (κ2) is 6.07. The van der Waals surface area contributed by atoms with E-state index in [2.05, 4.69) is 19.2 Å². The minimum atomic E-state index is -4.44. The molecule has 1 nitrogen and oxygen atoms in total. The lowest BCUT2D eigenvalue weighted by Crippen LogP contribution is -2.09. The summed E-state index contributed by atoms with van der Waals surface area (Å²) in [4.78, 5) is 0. The van der Waals surface area contributed by atoms with Gasteiger partial charge < -0.3 is 5.32 Å². The van der Waals surface area contributed by atoms with Crippen LogP contribution in [0.4, 0.5) is 23.2 Å². The van der Waals surface area contributed by atoms with Crippen LogP contribution in [0.1, 0.15) is 32.3 Å². The molecule has 0 radical (unpaired) electrons. The molecule has 0 atom stereocenters. The molecule has 0 aliphatic rings. The first kappa shape index (κ1) is 14.8. The molecule has 0 aliphatic carbocycles. The smallest absolute Gasteiger partial charge is 0.383 e. The molecular weight excluding hydrogens is 246 g/mol. The van der Waals surface area contributed by atoms with E-state index in [1.165, 1.54) is 0 Å². The third-order valence-corrected chi connectivity index (χ3v) is 2.57. The molecule has 1 N–H and O–H groups in total. The fourth-order valence-corrected chi connectivity index (χ4v) is 1.57. The maximum Gasteiger partial charge on any atom is 0.416 e. The first-order chi connectivity index (χ1) is 8.30. The molecule has 5 heteroatoms. The highest BCUT2D eigenvalue weighted by molar-refractivity contribution is 5.47. The van der Waals surface area contributed by atoms with Gasteiger partial charge >= 0.3 is 6.18 Å². The van der Waals surface area contributed by atoms with Gasteiger partial charge in [0.15, 0.2) is 0 Å². The van der Waals surface area contributed by atoms with Crippen LogP contribution in [0.15, 0.2) is 18.2 Å². The lowest BCUT2D eigenvalue weighted by molar-refractivity contribution is -0.137. The number of hydrogen-bond acceptors (Lipinski definition) is 1. The van der Waals surface area contributed by atoms with E-state index in [1.807, 2.05) is 0 Å². The number of rotatable bonds is 5. The van der Waals surface area contributed by atoms with E-state index in [0.717, 1.165) is 31.0 Å². The number of anilines is 1. The fourth-order valence-electron chi connectivity index (χ4n) is 1.57. The molecule has 0 saturated carbocycles. The van der Waals surface area contributed by atoms with Gasteiger partial charge in [0.05, 0.1) is 11.3 Å². The number of benzene rings is 1. The highest BCUT2D eigenvalue weighted by Crippen LogP contribution is 2.31. The van der Waals surface area contributed by atoms with Crippen LogP contribution >= 0.6 is 0 Å². The molecule has 18 heavy (non-hydrogen) atoms. The van der Waals surface area contributed by atoms with Crippen LogP contribution in [-0.2, 0) is 6.18 Å². The Morgan fingerprint density at radius 3 is 2.44 bits per heavy atom. The SMILES string of the molecule is CC(C)CCCNc1cc(C(F)(F)F)ccc1F. The summed E-state index contributed by atoms with van der Waals surface area (Å²) in [7, 11) is 0. The van der Waals surface area contributed by atoms with Crippen LogP contribution in [0.3, 0.4) is 0 Å². The zero-order valence-electron chi connectivity index (χ0n) is 10.4. The zero-order valence-corrected chi connectivity index (χ0v) is 10.4. The number of hydrogen-bond donors (Lipinski definition) is 1. The van der Waals surface area contributed by atoms with Crippen molar-refractivity contribution in [2.24, 2.45) is 5.92 Å². The molecule has 0 fully saturated rings. The standard InChI is InChI=1S/C13H17F4N/c1-9(2)4-3-7-18-12-8-10(13(15,16)17)5-6-11(12)14/h5-6,8-9,18H,3-4,7H2,1-2H3. The molecule has 1 aromatic carbocycles. The van der Waals surface area contributed by atoms with Crippen LogP contribution in [0.2, 0.25) is 0 Å². The Morgan fingerprint density at radius 1 is 1.22 bits per heavy atom. The van der Waals surface area contributed by atoms with E-state index in [0.29, 0.717) is 12.5 Å². The molecule has 0 aromatic heterocycles. The van der Waals surface area contributed by atoms with Gasteiger partial charge in [0.1, 0.15) is 5.82 Å². The van der Waals surface area contributed by atoms with E-state index in [1.54, 1.807) is 0 Å². The predicted molar refractivity (Wildman–Crippen MR) is 64.0 cm³/mol. The third-order valence-electron chi connectivity index (χ3n) is 2.57. The van der Waals surface area contributed by atoms with Gasteiger partial charge in [0, 0.05) is 6.54 Å². The Labute approximate surface area is 104 Å². The monoisotopic (exact) mass is 263 g/mol. The average Bonchev–Trinajstić information content (AvgIpc) is 2.24. The molecule has 0 aliphatic heterocycles. The van der Waals surface area contributed by atoms with Crippen molar-refractivity contribution in [2.75, 3.05) is 11.9 Å². The molecule has 0 saturated heterocycles. The van der Waals surface area contributed by atoms with Gasteiger partial charge in [-0.05, 0) is 37.0 Å². The van der Waals surface area contributed by atoms with Crippen molar-refractivity contribution in [1.82, 2.24) is 0 Å². The fraction of sp³-hybridized carbons (Fsp3) is 0.538. The maximum absolute atomic E-state index is 13.3. The minimum Gasteiger partial charge on any atom is -0.383 e. The van der Waals surface area contributed by atoms with Crippen molar-refractivity contribution in [3.05, 3.63) is 29.6 Å². The van der Waals surface area contributed by atoms with Gasteiger partial charge in [-0.1, -0.05) is 13.8 Å². The third kappa shape index (κ3) is 4.55. The van der Waals surface area contributed by atoms with Crippen molar-refractivity contribution >= 4 is 5.69 Å². The highest BCUT2D eigenvalue weighted by Gasteiger charge is 2.31. The number of alkyl halides is 3. The second-order valence-electron chi connectivity index (χ2n) is 4.66. The van der Waals surface area contributed by atoms with Crippen LogP contribution in [-0.4, -0.2) is 6.54 Å². The maximum atomic E-state index is 13.3. The first-order valence-corrected chi connectivity index (χ1v) is 5.91. The van der Waals surface area contributed by atoms with Gasteiger partial charge in [-0.2, -0.15) is 13.2 Å². The van der Waals surface area contributed by atoms with Gasteiger partial charge in [-0.25, -0.2) is 4.39 Å². The van der Waals surface area contributed by atoms with Crippen LogP contribution < -0.4 is 5.32 Å². The molecule has 0 amide bonds. The minimum absolute atomic E-state index is 0.0893. The molecule has 1 rings (SSSR count). The summed E-state index contributed by atoms with van der Waals surface area (Å²) in [6.45, 7) is 4.59. The Bertz CT molecular complexity index is 385.